The summed E-state index contributed by atoms with van der Waals surface area (Å²) in [7, 11) is -3.28. The number of alkyl halides is 1. The Morgan fingerprint density at radius 2 is 1.63 bits per heavy atom. The van der Waals surface area contributed by atoms with Crippen LogP contribution >= 0.6 is 15.9 Å². The zero-order valence-electron chi connectivity index (χ0n) is 11.7. The van der Waals surface area contributed by atoms with Crippen LogP contribution in [-0.2, 0) is 10.2 Å². The summed E-state index contributed by atoms with van der Waals surface area (Å²) in [5.74, 6) is 0. The lowest BCUT2D eigenvalue weighted by molar-refractivity contribution is 0.233. The van der Waals surface area contributed by atoms with Gasteiger partial charge in [0.25, 0.3) is 10.2 Å². The first-order valence-corrected chi connectivity index (χ1v) is 9.94. The fourth-order valence-electron chi connectivity index (χ4n) is 3.16. The van der Waals surface area contributed by atoms with Gasteiger partial charge in [0.2, 0.25) is 0 Å². The molecule has 2 heterocycles. The Morgan fingerprint density at radius 1 is 1.00 bits per heavy atom. The van der Waals surface area contributed by atoms with Crippen molar-refractivity contribution in [2.24, 2.45) is 0 Å². The zero-order chi connectivity index (χ0) is 13.9. The van der Waals surface area contributed by atoms with Crippen molar-refractivity contribution in [3.05, 3.63) is 0 Å². The molecule has 0 aromatic heterocycles. The van der Waals surface area contributed by atoms with E-state index >= 15 is 0 Å². The molecule has 0 aliphatic carbocycles. The molecule has 0 spiro atoms. The van der Waals surface area contributed by atoms with E-state index in [2.05, 4.69) is 15.9 Å². The Hall–Kier alpha value is 0.350. The highest BCUT2D eigenvalue weighted by Crippen LogP contribution is 2.27. The summed E-state index contributed by atoms with van der Waals surface area (Å²) in [5, 5.41) is 0.744. The van der Waals surface area contributed by atoms with Crippen LogP contribution in [-0.4, -0.2) is 47.5 Å². The van der Waals surface area contributed by atoms with Crippen LogP contribution in [0.5, 0.6) is 0 Å². The summed E-state index contributed by atoms with van der Waals surface area (Å²) < 4.78 is 29.3. The average molecular weight is 353 g/mol. The van der Waals surface area contributed by atoms with Crippen LogP contribution in [0.1, 0.15) is 51.9 Å². The molecule has 2 saturated heterocycles. The second-order valence-corrected chi connectivity index (χ2v) is 8.21. The molecule has 2 aliphatic heterocycles. The molecular formula is C13H25BrN2O2S. The van der Waals surface area contributed by atoms with Gasteiger partial charge in [0, 0.05) is 30.5 Å². The van der Waals surface area contributed by atoms with Gasteiger partial charge in [0.1, 0.15) is 0 Å². The van der Waals surface area contributed by atoms with E-state index in [4.69, 9.17) is 0 Å². The van der Waals surface area contributed by atoms with E-state index in [1.54, 1.807) is 8.61 Å². The summed E-state index contributed by atoms with van der Waals surface area (Å²) in [6, 6.07) is 0.277. The molecule has 6 heteroatoms. The number of hydrogen-bond donors (Lipinski definition) is 0. The second kappa shape index (κ2) is 6.87. The third kappa shape index (κ3) is 3.52. The zero-order valence-corrected chi connectivity index (χ0v) is 14.1. The molecule has 112 valence electrons. The molecule has 2 unspecified atom stereocenters. The number of halogens is 1. The molecule has 0 N–H and O–H groups in total. The van der Waals surface area contributed by atoms with Gasteiger partial charge in [-0.1, -0.05) is 35.2 Å². The minimum absolute atomic E-state index is 0.127. The van der Waals surface area contributed by atoms with E-state index in [1.165, 1.54) is 0 Å². The van der Waals surface area contributed by atoms with Crippen LogP contribution in [0.4, 0.5) is 0 Å². The molecule has 2 fully saturated rings. The Labute approximate surface area is 125 Å². The number of nitrogens with zero attached hydrogens (tertiary/aromatic N) is 2. The Balaban J connectivity index is 2.20. The fraction of sp³-hybridized carbons (Fsp3) is 1.00. The van der Waals surface area contributed by atoms with Crippen molar-refractivity contribution in [3.8, 4) is 0 Å². The van der Waals surface area contributed by atoms with Crippen LogP contribution in [0.2, 0.25) is 0 Å². The fourth-order valence-corrected chi connectivity index (χ4v) is 6.13. The van der Waals surface area contributed by atoms with E-state index in [0.717, 1.165) is 50.3 Å². The summed E-state index contributed by atoms with van der Waals surface area (Å²) in [4.78, 5) is 0. The van der Waals surface area contributed by atoms with Crippen LogP contribution < -0.4 is 0 Å². The molecule has 0 saturated carbocycles. The lowest BCUT2D eigenvalue weighted by Gasteiger charge is -2.38. The van der Waals surface area contributed by atoms with E-state index in [1.807, 2.05) is 6.92 Å². The summed E-state index contributed by atoms with van der Waals surface area (Å²) >= 11 is 3.49. The van der Waals surface area contributed by atoms with Gasteiger partial charge in [-0.25, -0.2) is 0 Å². The molecule has 0 radical (unpaired) electrons. The number of rotatable bonds is 3. The highest BCUT2D eigenvalue weighted by Gasteiger charge is 2.38. The van der Waals surface area contributed by atoms with Gasteiger partial charge in [-0.15, -0.1) is 0 Å². The van der Waals surface area contributed by atoms with Crippen molar-refractivity contribution in [3.63, 3.8) is 0 Å². The van der Waals surface area contributed by atoms with Gasteiger partial charge in [-0.2, -0.15) is 17.0 Å². The van der Waals surface area contributed by atoms with Crippen molar-refractivity contribution in [2.75, 3.05) is 18.4 Å². The maximum atomic E-state index is 12.9. The summed E-state index contributed by atoms with van der Waals surface area (Å²) in [6.07, 6.45) is 7.39. The standard InChI is InChI=1S/C13H25BrN2O2S/c1-12-7-4-6-9-15(12)19(17,18)16-10-5-2-3-8-13(16)11-14/h12-13H,2-11H2,1H3. The van der Waals surface area contributed by atoms with Crippen molar-refractivity contribution in [1.29, 1.82) is 0 Å². The molecule has 0 bridgehead atoms. The molecule has 0 aromatic carbocycles. The third-order valence-electron chi connectivity index (χ3n) is 4.34. The van der Waals surface area contributed by atoms with Crippen LogP contribution in [0.3, 0.4) is 0 Å². The lowest BCUT2D eigenvalue weighted by atomic mass is 10.1. The van der Waals surface area contributed by atoms with Crippen molar-refractivity contribution in [1.82, 2.24) is 8.61 Å². The highest BCUT2D eigenvalue weighted by atomic mass is 79.9. The third-order valence-corrected chi connectivity index (χ3v) is 7.29. The topological polar surface area (TPSA) is 40.6 Å². The smallest absolute Gasteiger partial charge is 0.195 e. The van der Waals surface area contributed by atoms with E-state index in [-0.39, 0.29) is 12.1 Å². The number of piperidine rings is 1. The SMILES string of the molecule is CC1CCCCN1S(=O)(=O)N1CCCCCC1CBr. The molecule has 2 rings (SSSR count). The minimum atomic E-state index is -3.28. The molecule has 2 atom stereocenters. The van der Waals surface area contributed by atoms with Gasteiger partial charge in [0.15, 0.2) is 0 Å². The van der Waals surface area contributed by atoms with Crippen molar-refractivity contribution in [2.45, 2.75) is 64.0 Å². The predicted octanol–water partition coefficient (Wildman–Crippen LogP) is 2.75. The van der Waals surface area contributed by atoms with Gasteiger partial charge in [-0.3, -0.25) is 0 Å². The van der Waals surface area contributed by atoms with Crippen LogP contribution in [0.15, 0.2) is 0 Å². The highest BCUT2D eigenvalue weighted by molar-refractivity contribution is 9.09. The largest absolute Gasteiger partial charge is 0.282 e. The van der Waals surface area contributed by atoms with Gasteiger partial charge < -0.3 is 0 Å². The lowest BCUT2D eigenvalue weighted by Crippen LogP contribution is -2.53. The van der Waals surface area contributed by atoms with Crippen LogP contribution in [0.25, 0.3) is 0 Å². The molecule has 4 nitrogen and oxygen atoms in total. The maximum absolute atomic E-state index is 12.9. The summed E-state index contributed by atoms with van der Waals surface area (Å²) in [6.45, 7) is 3.41. The molecule has 0 aromatic rings. The molecule has 2 aliphatic rings. The van der Waals surface area contributed by atoms with E-state index < -0.39 is 10.2 Å². The Morgan fingerprint density at radius 3 is 2.32 bits per heavy atom. The summed E-state index contributed by atoms with van der Waals surface area (Å²) in [5.41, 5.74) is 0. The number of hydrogen-bond acceptors (Lipinski definition) is 2. The minimum Gasteiger partial charge on any atom is -0.195 e. The predicted molar refractivity (Wildman–Crippen MR) is 81.7 cm³/mol. The van der Waals surface area contributed by atoms with Gasteiger partial charge >= 0.3 is 0 Å². The molecule has 19 heavy (non-hydrogen) atoms. The Kier molecular flexibility index (Phi) is 5.69. The first-order chi connectivity index (χ1) is 9.07. The van der Waals surface area contributed by atoms with Gasteiger partial charge in [0.05, 0.1) is 0 Å². The van der Waals surface area contributed by atoms with Crippen molar-refractivity contribution < 1.29 is 8.42 Å². The monoisotopic (exact) mass is 352 g/mol. The first-order valence-electron chi connectivity index (χ1n) is 7.42. The van der Waals surface area contributed by atoms with Gasteiger partial charge in [-0.05, 0) is 32.6 Å². The second-order valence-electron chi connectivity index (χ2n) is 5.73. The maximum Gasteiger partial charge on any atom is 0.282 e. The van der Waals surface area contributed by atoms with E-state index in [0.29, 0.717) is 13.1 Å². The normalized spacial score (nSPS) is 32.1. The Bertz CT molecular complexity index is 388. The van der Waals surface area contributed by atoms with Crippen molar-refractivity contribution >= 4 is 26.1 Å². The molecule has 0 amide bonds. The van der Waals surface area contributed by atoms with Crippen LogP contribution in [0, 0.1) is 0 Å². The van der Waals surface area contributed by atoms with E-state index in [9.17, 15) is 8.42 Å². The average Bonchev–Trinajstić information content (AvgIpc) is 2.64. The molecular weight excluding hydrogens is 328 g/mol. The first kappa shape index (κ1) is 15.7. The quantitative estimate of drug-likeness (QED) is 0.732.